The fourth-order valence-electron chi connectivity index (χ4n) is 2.15. The summed E-state index contributed by atoms with van der Waals surface area (Å²) in [6.07, 6.45) is 1.37. The average Bonchev–Trinajstić information content (AvgIpc) is 2.61. The van der Waals surface area contributed by atoms with Crippen LogP contribution < -0.4 is 10.7 Å². The minimum Gasteiger partial charge on any atom is -0.340 e. The van der Waals surface area contributed by atoms with Crippen LogP contribution in [0.15, 0.2) is 53.6 Å². The summed E-state index contributed by atoms with van der Waals surface area (Å²) in [5, 5.41) is 6.43. The largest absolute Gasteiger partial charge is 0.340 e. The van der Waals surface area contributed by atoms with Crippen molar-refractivity contribution in [3.05, 3.63) is 71.3 Å². The third kappa shape index (κ3) is 5.47. The number of hydrogen-bond donors (Lipinski definition) is 2. The topological polar surface area (TPSA) is 70.6 Å². The number of amides is 2. The highest BCUT2D eigenvalue weighted by Crippen LogP contribution is 2.07. The van der Waals surface area contributed by atoms with Crippen molar-refractivity contribution in [3.63, 3.8) is 0 Å². The normalized spacial score (nSPS) is 12.2. The smallest absolute Gasteiger partial charge is 0.262 e. The summed E-state index contributed by atoms with van der Waals surface area (Å²) in [6.45, 7) is 3.55. The predicted molar refractivity (Wildman–Crippen MR) is 94.6 cm³/mol. The van der Waals surface area contributed by atoms with Crippen molar-refractivity contribution in [2.24, 2.45) is 11.0 Å². The molecule has 0 fully saturated rings. The van der Waals surface area contributed by atoms with Crippen molar-refractivity contribution in [2.75, 3.05) is 0 Å². The molecule has 136 valence electrons. The lowest BCUT2D eigenvalue weighted by atomic mass is 10.0. The molecule has 2 N–H and O–H groups in total. The van der Waals surface area contributed by atoms with Crippen LogP contribution in [0.2, 0.25) is 0 Å². The number of carbonyl (C=O) groups excluding carboxylic acids is 2. The Hall–Kier alpha value is -3.09. The number of hydrazone groups is 1. The second-order valence-corrected chi connectivity index (χ2v) is 5.99. The molecular weight excluding hydrogens is 340 g/mol. The molecule has 5 nitrogen and oxygen atoms in total. The molecule has 0 saturated heterocycles. The Kier molecular flexibility index (Phi) is 6.54. The summed E-state index contributed by atoms with van der Waals surface area (Å²) in [6, 6.07) is 9.80. The molecule has 0 spiro atoms. The molecule has 0 aliphatic carbocycles. The van der Waals surface area contributed by atoms with Crippen molar-refractivity contribution in [1.82, 2.24) is 10.7 Å². The molecule has 26 heavy (non-hydrogen) atoms. The van der Waals surface area contributed by atoms with Crippen LogP contribution in [0.1, 0.15) is 29.8 Å². The van der Waals surface area contributed by atoms with Crippen LogP contribution in [0.25, 0.3) is 0 Å². The molecule has 2 rings (SSSR count). The second kappa shape index (κ2) is 8.84. The maximum Gasteiger partial charge on any atom is 0.262 e. The third-order valence-electron chi connectivity index (χ3n) is 3.60. The van der Waals surface area contributed by atoms with Crippen molar-refractivity contribution >= 4 is 18.0 Å². The van der Waals surface area contributed by atoms with E-state index in [1.54, 1.807) is 13.8 Å². The lowest BCUT2D eigenvalue weighted by Crippen LogP contribution is -2.48. The number of nitrogens with one attached hydrogen (secondary N) is 2. The van der Waals surface area contributed by atoms with E-state index < -0.39 is 23.7 Å². The molecule has 0 saturated carbocycles. The second-order valence-electron chi connectivity index (χ2n) is 5.99. The van der Waals surface area contributed by atoms with Crippen molar-refractivity contribution in [1.29, 1.82) is 0 Å². The van der Waals surface area contributed by atoms with E-state index in [0.29, 0.717) is 5.56 Å². The molecule has 0 aromatic heterocycles. The molecule has 0 aliphatic rings. The minimum absolute atomic E-state index is 0.194. The first-order valence-corrected chi connectivity index (χ1v) is 8.01. The number of halogens is 2. The first kappa shape index (κ1) is 19.2. The maximum atomic E-state index is 12.9. The van der Waals surface area contributed by atoms with Crippen LogP contribution in [0.5, 0.6) is 0 Å². The van der Waals surface area contributed by atoms with Gasteiger partial charge >= 0.3 is 0 Å². The summed E-state index contributed by atoms with van der Waals surface area (Å²) in [5.41, 5.74) is 3.22. The Morgan fingerprint density at radius 2 is 1.50 bits per heavy atom. The van der Waals surface area contributed by atoms with E-state index in [-0.39, 0.29) is 17.3 Å². The van der Waals surface area contributed by atoms with E-state index >= 15 is 0 Å². The van der Waals surface area contributed by atoms with Gasteiger partial charge in [0.2, 0.25) is 0 Å². The fraction of sp³-hybridized carbons (Fsp3) is 0.211. The van der Waals surface area contributed by atoms with Gasteiger partial charge in [-0.2, -0.15) is 5.10 Å². The van der Waals surface area contributed by atoms with E-state index in [1.165, 1.54) is 54.7 Å². The summed E-state index contributed by atoms with van der Waals surface area (Å²) in [7, 11) is 0. The first-order valence-electron chi connectivity index (χ1n) is 8.01. The molecule has 0 bridgehead atoms. The quantitative estimate of drug-likeness (QED) is 0.615. The van der Waals surface area contributed by atoms with E-state index in [2.05, 4.69) is 15.8 Å². The number of benzene rings is 2. The van der Waals surface area contributed by atoms with E-state index in [9.17, 15) is 18.4 Å². The van der Waals surface area contributed by atoms with Gasteiger partial charge in [-0.05, 0) is 47.9 Å². The monoisotopic (exact) mass is 359 g/mol. The number of nitrogens with zero attached hydrogens (tertiary/aromatic N) is 1. The Labute approximate surface area is 150 Å². The van der Waals surface area contributed by atoms with Crippen LogP contribution in [0.3, 0.4) is 0 Å². The Morgan fingerprint density at radius 1 is 0.962 bits per heavy atom. The Balaban J connectivity index is 1.99. The van der Waals surface area contributed by atoms with E-state index in [0.717, 1.165) is 0 Å². The molecule has 1 unspecified atom stereocenters. The van der Waals surface area contributed by atoms with Gasteiger partial charge in [0.25, 0.3) is 11.8 Å². The highest BCUT2D eigenvalue weighted by Gasteiger charge is 2.24. The van der Waals surface area contributed by atoms with Gasteiger partial charge < -0.3 is 5.32 Å². The molecule has 2 amide bonds. The molecule has 1 atom stereocenters. The predicted octanol–water partition coefficient (Wildman–Crippen LogP) is 2.87. The van der Waals surface area contributed by atoms with Gasteiger partial charge in [-0.15, -0.1) is 0 Å². The van der Waals surface area contributed by atoms with Crippen LogP contribution in [-0.2, 0) is 4.79 Å². The lowest BCUT2D eigenvalue weighted by Gasteiger charge is -2.20. The van der Waals surface area contributed by atoms with Crippen LogP contribution in [0.4, 0.5) is 8.78 Å². The summed E-state index contributed by atoms with van der Waals surface area (Å²) >= 11 is 0. The van der Waals surface area contributed by atoms with Gasteiger partial charge in [0.05, 0.1) is 6.21 Å². The van der Waals surface area contributed by atoms with E-state index in [4.69, 9.17) is 0 Å². The SMILES string of the molecule is CC(C)C(NC(=O)c1ccc(F)cc1)C(=O)N/N=C/c1ccc(F)cc1. The van der Waals surface area contributed by atoms with E-state index in [1.807, 2.05) is 0 Å². The molecule has 0 heterocycles. The average molecular weight is 359 g/mol. The summed E-state index contributed by atoms with van der Waals surface area (Å²) in [4.78, 5) is 24.5. The fourth-order valence-corrected chi connectivity index (χ4v) is 2.15. The molecular formula is C19H19F2N3O2. The molecule has 0 aliphatic heterocycles. The third-order valence-corrected chi connectivity index (χ3v) is 3.60. The highest BCUT2D eigenvalue weighted by molar-refractivity contribution is 5.97. The van der Waals surface area contributed by atoms with Gasteiger partial charge in [0.15, 0.2) is 0 Å². The van der Waals surface area contributed by atoms with Crippen molar-refractivity contribution in [3.8, 4) is 0 Å². The standard InChI is InChI=1S/C19H19F2N3O2/c1-12(2)17(23-18(25)14-5-9-16(21)10-6-14)19(26)24-22-11-13-3-7-15(20)8-4-13/h3-12,17H,1-2H3,(H,23,25)(H,24,26)/b22-11+. The Morgan fingerprint density at radius 3 is 2.04 bits per heavy atom. The highest BCUT2D eigenvalue weighted by atomic mass is 19.1. The van der Waals surface area contributed by atoms with Crippen LogP contribution in [-0.4, -0.2) is 24.1 Å². The maximum absolute atomic E-state index is 12.9. The molecule has 2 aromatic carbocycles. The number of rotatable bonds is 6. The zero-order valence-corrected chi connectivity index (χ0v) is 14.4. The molecule has 7 heteroatoms. The van der Waals surface area contributed by atoms with Gasteiger partial charge in [0.1, 0.15) is 17.7 Å². The zero-order chi connectivity index (χ0) is 19.1. The van der Waals surface area contributed by atoms with Crippen LogP contribution in [0, 0.1) is 17.6 Å². The van der Waals surface area contributed by atoms with Gasteiger partial charge in [0, 0.05) is 5.56 Å². The zero-order valence-electron chi connectivity index (χ0n) is 14.4. The van der Waals surface area contributed by atoms with Crippen molar-refractivity contribution in [2.45, 2.75) is 19.9 Å². The van der Waals surface area contributed by atoms with Crippen LogP contribution >= 0.6 is 0 Å². The Bertz CT molecular complexity index is 787. The molecule has 0 radical (unpaired) electrons. The summed E-state index contributed by atoms with van der Waals surface area (Å²) in [5.74, 6) is -1.99. The first-order chi connectivity index (χ1) is 12.4. The van der Waals surface area contributed by atoms with Gasteiger partial charge in [-0.25, -0.2) is 14.2 Å². The number of hydrogen-bond acceptors (Lipinski definition) is 3. The summed E-state index contributed by atoms with van der Waals surface area (Å²) < 4.78 is 25.8. The van der Waals surface area contributed by atoms with Gasteiger partial charge in [-0.3, -0.25) is 9.59 Å². The van der Waals surface area contributed by atoms with Gasteiger partial charge in [-0.1, -0.05) is 26.0 Å². The number of carbonyl (C=O) groups is 2. The molecule has 2 aromatic rings. The lowest BCUT2D eigenvalue weighted by molar-refractivity contribution is -0.123. The van der Waals surface area contributed by atoms with Crippen molar-refractivity contribution < 1.29 is 18.4 Å². The minimum atomic E-state index is -0.821.